The molecule has 0 aromatic rings. The van der Waals surface area contributed by atoms with Crippen LogP contribution < -0.4 is 5.32 Å². The molecule has 0 bridgehead atoms. The van der Waals surface area contributed by atoms with Crippen LogP contribution in [0.15, 0.2) is 0 Å². The highest BCUT2D eigenvalue weighted by molar-refractivity contribution is 4.75. The molecule has 1 saturated heterocycles. The number of piperidine rings is 1. The van der Waals surface area contributed by atoms with E-state index < -0.39 is 0 Å². The molecule has 1 aliphatic rings. The molecular formula is C11H24N2O. The largest absolute Gasteiger partial charge is 0.393 e. The molecule has 2 N–H and O–H groups in total. The average Bonchev–Trinajstić information content (AvgIpc) is 2.19. The summed E-state index contributed by atoms with van der Waals surface area (Å²) in [7, 11) is 2.00. The molecule has 1 heterocycles. The first-order valence-corrected chi connectivity index (χ1v) is 5.79. The van der Waals surface area contributed by atoms with Gasteiger partial charge in [0.1, 0.15) is 0 Å². The SMILES string of the molecule is CNCCCN1CCC(C(C)O)CC1. The van der Waals surface area contributed by atoms with Crippen LogP contribution >= 0.6 is 0 Å². The summed E-state index contributed by atoms with van der Waals surface area (Å²) >= 11 is 0. The van der Waals surface area contributed by atoms with E-state index in [-0.39, 0.29) is 6.10 Å². The lowest BCUT2D eigenvalue weighted by atomic mass is 9.92. The van der Waals surface area contributed by atoms with Crippen LogP contribution in [0.3, 0.4) is 0 Å². The number of likely N-dealkylation sites (tertiary alicyclic amines) is 1. The zero-order valence-electron chi connectivity index (χ0n) is 9.50. The Kier molecular flexibility index (Phi) is 5.45. The second-order valence-electron chi connectivity index (χ2n) is 4.38. The third-order valence-electron chi connectivity index (χ3n) is 3.22. The number of aliphatic hydroxyl groups excluding tert-OH is 1. The standard InChI is InChI=1S/C11H24N2O/c1-10(14)11-4-8-13(9-5-11)7-3-6-12-2/h10-12,14H,3-9H2,1-2H3. The van der Waals surface area contributed by atoms with E-state index in [1.807, 2.05) is 14.0 Å². The Bertz CT molecular complexity index is 142. The summed E-state index contributed by atoms with van der Waals surface area (Å²) in [4.78, 5) is 2.51. The molecule has 3 nitrogen and oxygen atoms in total. The van der Waals surface area contributed by atoms with E-state index in [9.17, 15) is 5.11 Å². The third-order valence-corrected chi connectivity index (χ3v) is 3.22. The molecule has 3 heteroatoms. The zero-order chi connectivity index (χ0) is 10.4. The van der Waals surface area contributed by atoms with Crippen molar-refractivity contribution in [3.8, 4) is 0 Å². The van der Waals surface area contributed by atoms with Gasteiger partial charge in [0.2, 0.25) is 0 Å². The maximum atomic E-state index is 9.45. The smallest absolute Gasteiger partial charge is 0.0541 e. The molecule has 1 fully saturated rings. The first-order valence-electron chi connectivity index (χ1n) is 5.79. The molecule has 0 saturated carbocycles. The van der Waals surface area contributed by atoms with E-state index in [1.165, 1.54) is 26.1 Å². The van der Waals surface area contributed by atoms with Crippen molar-refractivity contribution in [3.05, 3.63) is 0 Å². The van der Waals surface area contributed by atoms with Gasteiger partial charge >= 0.3 is 0 Å². The average molecular weight is 200 g/mol. The minimum Gasteiger partial charge on any atom is -0.393 e. The molecule has 1 atom stereocenters. The molecule has 0 aliphatic carbocycles. The fraction of sp³-hybridized carbons (Fsp3) is 1.00. The van der Waals surface area contributed by atoms with Crippen molar-refractivity contribution in [1.29, 1.82) is 0 Å². The van der Waals surface area contributed by atoms with Crippen LogP contribution in [0, 0.1) is 5.92 Å². The first-order chi connectivity index (χ1) is 6.74. The minimum atomic E-state index is -0.116. The van der Waals surface area contributed by atoms with Crippen molar-refractivity contribution in [2.24, 2.45) is 5.92 Å². The number of nitrogens with one attached hydrogen (secondary N) is 1. The van der Waals surface area contributed by atoms with E-state index in [0.29, 0.717) is 5.92 Å². The quantitative estimate of drug-likeness (QED) is 0.641. The van der Waals surface area contributed by atoms with Crippen LogP contribution in [-0.4, -0.2) is 49.3 Å². The summed E-state index contributed by atoms with van der Waals surface area (Å²) in [5.74, 6) is 0.538. The second kappa shape index (κ2) is 6.38. The van der Waals surface area contributed by atoms with E-state index in [4.69, 9.17) is 0 Å². The summed E-state index contributed by atoms with van der Waals surface area (Å²) in [6.45, 7) is 6.56. The second-order valence-corrected chi connectivity index (χ2v) is 4.38. The molecule has 0 spiro atoms. The van der Waals surface area contributed by atoms with Gasteiger partial charge in [0.25, 0.3) is 0 Å². The molecule has 0 aromatic heterocycles. The van der Waals surface area contributed by atoms with Crippen LogP contribution in [-0.2, 0) is 0 Å². The number of hydrogen-bond donors (Lipinski definition) is 2. The van der Waals surface area contributed by atoms with Crippen molar-refractivity contribution in [2.45, 2.75) is 32.3 Å². The van der Waals surface area contributed by atoms with Gasteiger partial charge in [0.05, 0.1) is 6.10 Å². The Hall–Kier alpha value is -0.120. The monoisotopic (exact) mass is 200 g/mol. The Morgan fingerprint density at radius 3 is 2.57 bits per heavy atom. The van der Waals surface area contributed by atoms with Crippen molar-refractivity contribution in [2.75, 3.05) is 33.2 Å². The fourth-order valence-electron chi connectivity index (χ4n) is 2.14. The number of aliphatic hydroxyl groups is 1. The summed E-state index contributed by atoms with van der Waals surface area (Å²) in [5.41, 5.74) is 0. The highest BCUT2D eigenvalue weighted by Gasteiger charge is 2.21. The van der Waals surface area contributed by atoms with E-state index in [0.717, 1.165) is 19.4 Å². The Balaban J connectivity index is 2.09. The third kappa shape index (κ3) is 3.95. The van der Waals surface area contributed by atoms with Gasteiger partial charge in [-0.2, -0.15) is 0 Å². The Labute approximate surface area is 87.5 Å². The lowest BCUT2D eigenvalue weighted by molar-refractivity contribution is 0.0716. The van der Waals surface area contributed by atoms with E-state index in [1.54, 1.807) is 0 Å². The first kappa shape index (κ1) is 12.0. The van der Waals surface area contributed by atoms with E-state index >= 15 is 0 Å². The van der Waals surface area contributed by atoms with Gasteiger partial charge in [-0.15, -0.1) is 0 Å². The fourth-order valence-corrected chi connectivity index (χ4v) is 2.14. The van der Waals surface area contributed by atoms with Gasteiger partial charge in [-0.05, 0) is 65.3 Å². The predicted molar refractivity (Wildman–Crippen MR) is 59.4 cm³/mol. The molecule has 0 aromatic carbocycles. The molecule has 0 radical (unpaired) electrons. The van der Waals surface area contributed by atoms with Crippen molar-refractivity contribution >= 4 is 0 Å². The molecule has 1 aliphatic heterocycles. The number of nitrogens with zero attached hydrogens (tertiary/aromatic N) is 1. The highest BCUT2D eigenvalue weighted by Crippen LogP contribution is 2.20. The lowest BCUT2D eigenvalue weighted by Gasteiger charge is -2.33. The number of hydrogen-bond acceptors (Lipinski definition) is 3. The Morgan fingerprint density at radius 2 is 2.07 bits per heavy atom. The topological polar surface area (TPSA) is 35.5 Å². The summed E-state index contributed by atoms with van der Waals surface area (Å²) in [6, 6.07) is 0. The molecule has 0 amide bonds. The minimum absolute atomic E-state index is 0.116. The van der Waals surface area contributed by atoms with Gasteiger partial charge < -0.3 is 15.3 Å². The highest BCUT2D eigenvalue weighted by atomic mass is 16.3. The summed E-state index contributed by atoms with van der Waals surface area (Å²) < 4.78 is 0. The van der Waals surface area contributed by atoms with E-state index in [2.05, 4.69) is 10.2 Å². The molecule has 1 rings (SSSR count). The van der Waals surface area contributed by atoms with Gasteiger partial charge in [0.15, 0.2) is 0 Å². The Morgan fingerprint density at radius 1 is 1.43 bits per heavy atom. The van der Waals surface area contributed by atoms with Crippen LogP contribution in [0.1, 0.15) is 26.2 Å². The molecular weight excluding hydrogens is 176 g/mol. The van der Waals surface area contributed by atoms with Gasteiger partial charge in [-0.25, -0.2) is 0 Å². The maximum Gasteiger partial charge on any atom is 0.0541 e. The van der Waals surface area contributed by atoms with Crippen LogP contribution in [0.2, 0.25) is 0 Å². The van der Waals surface area contributed by atoms with Crippen LogP contribution in [0.5, 0.6) is 0 Å². The predicted octanol–water partition coefficient (Wildman–Crippen LogP) is 0.689. The van der Waals surface area contributed by atoms with Crippen molar-refractivity contribution < 1.29 is 5.11 Å². The normalized spacial score (nSPS) is 22.5. The lowest BCUT2D eigenvalue weighted by Crippen LogP contribution is -2.38. The summed E-state index contributed by atoms with van der Waals surface area (Å²) in [6.07, 6.45) is 3.44. The zero-order valence-corrected chi connectivity index (χ0v) is 9.50. The summed E-state index contributed by atoms with van der Waals surface area (Å²) in [5, 5.41) is 12.6. The molecule has 84 valence electrons. The maximum absolute atomic E-state index is 9.45. The van der Waals surface area contributed by atoms with Crippen LogP contribution in [0.4, 0.5) is 0 Å². The van der Waals surface area contributed by atoms with Gasteiger partial charge in [-0.3, -0.25) is 0 Å². The molecule has 1 unspecified atom stereocenters. The van der Waals surface area contributed by atoms with Crippen LogP contribution in [0.25, 0.3) is 0 Å². The van der Waals surface area contributed by atoms with Gasteiger partial charge in [0, 0.05) is 0 Å². The number of rotatable bonds is 5. The van der Waals surface area contributed by atoms with Crippen molar-refractivity contribution in [1.82, 2.24) is 10.2 Å². The molecule has 14 heavy (non-hydrogen) atoms. The van der Waals surface area contributed by atoms with Crippen molar-refractivity contribution in [3.63, 3.8) is 0 Å². The van der Waals surface area contributed by atoms with Gasteiger partial charge in [-0.1, -0.05) is 0 Å².